The van der Waals surface area contributed by atoms with Gasteiger partial charge in [-0.15, -0.1) is 0 Å². The Bertz CT molecular complexity index is 2020. The van der Waals surface area contributed by atoms with Crippen LogP contribution in [0.1, 0.15) is 36.8 Å². The first-order valence-electron chi connectivity index (χ1n) is 19.5. The van der Waals surface area contributed by atoms with E-state index in [0.29, 0.717) is 11.5 Å². The van der Waals surface area contributed by atoms with Crippen LogP contribution in [0.25, 0.3) is 10.4 Å². The van der Waals surface area contributed by atoms with E-state index >= 15 is 0 Å². The Kier molecular flexibility index (Phi) is 14.6. The van der Waals surface area contributed by atoms with Gasteiger partial charge in [0.2, 0.25) is 6.29 Å². The number of esters is 2. The summed E-state index contributed by atoms with van der Waals surface area (Å²) in [5.74, 6) is -0.179. The van der Waals surface area contributed by atoms with Crippen molar-refractivity contribution in [3.63, 3.8) is 0 Å². The molecule has 0 amide bonds. The molecule has 4 aromatic carbocycles. The molecule has 3 aliphatic rings. The summed E-state index contributed by atoms with van der Waals surface area (Å²) < 4.78 is 69.2. The van der Waals surface area contributed by atoms with Gasteiger partial charge in [0.05, 0.1) is 26.9 Å². The molecule has 60 heavy (non-hydrogen) atoms. The summed E-state index contributed by atoms with van der Waals surface area (Å²) in [6, 6.07) is 34.0. The van der Waals surface area contributed by atoms with Crippen molar-refractivity contribution in [3.8, 4) is 11.5 Å². The lowest BCUT2D eigenvalue weighted by Gasteiger charge is -2.51. The minimum Gasteiger partial charge on any atom is -0.497 e. The van der Waals surface area contributed by atoms with Gasteiger partial charge in [0.15, 0.2) is 18.7 Å². The van der Waals surface area contributed by atoms with Crippen molar-refractivity contribution in [2.45, 2.75) is 94.7 Å². The van der Waals surface area contributed by atoms with Crippen LogP contribution in [0.2, 0.25) is 0 Å². The van der Waals surface area contributed by atoms with Crippen LogP contribution in [0.15, 0.2) is 120 Å². The van der Waals surface area contributed by atoms with Crippen LogP contribution in [0.5, 0.6) is 11.5 Å². The van der Waals surface area contributed by atoms with Crippen molar-refractivity contribution in [2.24, 2.45) is 5.11 Å². The fraction of sp³-hybridized carbons (Fsp3) is 0.409. The first-order chi connectivity index (χ1) is 29.3. The van der Waals surface area contributed by atoms with Crippen LogP contribution in [0.4, 0.5) is 0 Å². The molecule has 4 aromatic rings. The number of hydrogen-bond acceptors (Lipinski definition) is 14. The quantitative estimate of drug-likeness (QED) is 0.0526. The molecule has 3 heterocycles. The Morgan fingerprint density at radius 1 is 0.717 bits per heavy atom. The highest BCUT2D eigenvalue weighted by atomic mass is 16.8. The van der Waals surface area contributed by atoms with Crippen molar-refractivity contribution < 1.29 is 61.7 Å². The SMILES string of the molecule is COc1ccc(O[C@@H]2O[C@@H]3CO[C@H](c4ccccc4)O[C@@H]3[C@H](O[C@H]3O[C@H](COC(C)=O)[C@@H](OC(C)=O)[C@H](OCc4ccccc4)[C@@H]3N=[N+]=[N-])[C@H]2OCc2ccccc2)cc1. The van der Waals surface area contributed by atoms with Crippen LogP contribution < -0.4 is 9.47 Å². The van der Waals surface area contributed by atoms with E-state index in [1.165, 1.54) is 13.8 Å². The predicted molar refractivity (Wildman–Crippen MR) is 211 cm³/mol. The molecule has 316 valence electrons. The molecule has 0 aliphatic carbocycles. The fourth-order valence-corrected chi connectivity index (χ4v) is 7.27. The molecule has 3 fully saturated rings. The van der Waals surface area contributed by atoms with Crippen LogP contribution in [-0.2, 0) is 65.4 Å². The van der Waals surface area contributed by atoms with Gasteiger partial charge < -0.3 is 52.1 Å². The Hall–Kier alpha value is -5.55. The van der Waals surface area contributed by atoms with Gasteiger partial charge in [0.1, 0.15) is 60.8 Å². The Morgan fingerprint density at radius 2 is 1.33 bits per heavy atom. The van der Waals surface area contributed by atoms with Crippen molar-refractivity contribution in [2.75, 3.05) is 20.3 Å². The zero-order chi connectivity index (χ0) is 41.8. The number of nitrogens with zero attached hydrogens (tertiary/aromatic N) is 3. The number of azide groups is 1. The minimum atomic E-state index is -1.41. The molecule has 3 aliphatic heterocycles. The summed E-state index contributed by atoms with van der Waals surface area (Å²) >= 11 is 0. The summed E-state index contributed by atoms with van der Waals surface area (Å²) in [5, 5.41) is 4.13. The van der Waals surface area contributed by atoms with Crippen LogP contribution in [0, 0.1) is 0 Å². The predicted octanol–water partition coefficient (Wildman–Crippen LogP) is 6.37. The van der Waals surface area contributed by atoms with Crippen LogP contribution in [-0.4, -0.2) is 93.6 Å². The third kappa shape index (κ3) is 10.8. The highest BCUT2D eigenvalue weighted by Crippen LogP contribution is 2.40. The summed E-state index contributed by atoms with van der Waals surface area (Å²) in [6.45, 7) is 2.36. The lowest BCUT2D eigenvalue weighted by Crippen LogP contribution is -2.67. The Labute approximate surface area is 347 Å². The normalized spacial score (nSPS) is 28.6. The highest BCUT2D eigenvalue weighted by Gasteiger charge is 2.56. The lowest BCUT2D eigenvalue weighted by molar-refractivity contribution is -0.383. The van der Waals surface area contributed by atoms with Crippen molar-refractivity contribution in [1.82, 2.24) is 0 Å². The molecule has 7 rings (SSSR count). The van der Waals surface area contributed by atoms with E-state index in [1.807, 2.05) is 91.0 Å². The van der Waals surface area contributed by atoms with Crippen LogP contribution >= 0.6 is 0 Å². The van der Waals surface area contributed by atoms with E-state index in [0.717, 1.165) is 16.7 Å². The molecular formula is C44H47N3O13. The number of benzene rings is 4. The van der Waals surface area contributed by atoms with E-state index in [4.69, 9.17) is 52.1 Å². The average molecular weight is 826 g/mol. The van der Waals surface area contributed by atoms with Gasteiger partial charge in [0, 0.05) is 24.3 Å². The molecule has 11 atom stereocenters. The molecule has 16 heteroatoms. The van der Waals surface area contributed by atoms with E-state index in [-0.39, 0.29) is 26.4 Å². The number of carbonyl (C=O) groups excluding carboxylic acids is 2. The number of hydrogen-bond donors (Lipinski definition) is 0. The third-order valence-corrected chi connectivity index (χ3v) is 10.1. The molecule has 0 saturated carbocycles. The molecular weight excluding hydrogens is 778 g/mol. The first kappa shape index (κ1) is 42.6. The summed E-state index contributed by atoms with van der Waals surface area (Å²) in [7, 11) is 1.57. The maximum Gasteiger partial charge on any atom is 0.303 e. The Morgan fingerprint density at radius 3 is 1.93 bits per heavy atom. The molecule has 3 saturated heterocycles. The highest BCUT2D eigenvalue weighted by molar-refractivity contribution is 5.66. The fourth-order valence-electron chi connectivity index (χ4n) is 7.27. The number of methoxy groups -OCH3 is 1. The molecule has 0 aromatic heterocycles. The molecule has 0 spiro atoms. The number of fused-ring (bicyclic) bond motifs is 1. The number of carbonyl (C=O) groups is 2. The first-order valence-corrected chi connectivity index (χ1v) is 19.5. The van der Waals surface area contributed by atoms with Gasteiger partial charge in [-0.25, -0.2) is 0 Å². The van der Waals surface area contributed by atoms with Crippen molar-refractivity contribution >= 4 is 11.9 Å². The minimum absolute atomic E-state index is 0.0372. The molecule has 0 unspecified atom stereocenters. The van der Waals surface area contributed by atoms with Crippen molar-refractivity contribution in [1.29, 1.82) is 0 Å². The largest absolute Gasteiger partial charge is 0.497 e. The standard InChI is InChI=1S/C44H47N3O13/c1-27(48)51-25-34-37(55-28(2)49)39(52-23-29-13-7-4-8-14-29)36(46-47-45)43(57-34)60-40-38-35(26-54-42(59-38)31-17-11-6-12-18-31)58-44(56-33-21-19-32(50-3)20-22-33)41(40)53-24-30-15-9-5-10-16-30/h4-22,34-44H,23-26H2,1-3H3/t34-,35-,36+,37-,38+,39-,40+,41-,42+,43-,44-/m1/s1. The second kappa shape index (κ2) is 20.6. The van der Waals surface area contributed by atoms with E-state index in [1.54, 1.807) is 31.4 Å². The van der Waals surface area contributed by atoms with E-state index in [2.05, 4.69) is 10.0 Å². The topological polar surface area (TPSA) is 184 Å². The van der Waals surface area contributed by atoms with E-state index < -0.39 is 79.6 Å². The summed E-state index contributed by atoms with van der Waals surface area (Å²) in [6.07, 6.45) is -10.5. The van der Waals surface area contributed by atoms with Gasteiger partial charge in [0.25, 0.3) is 0 Å². The van der Waals surface area contributed by atoms with Gasteiger partial charge >= 0.3 is 11.9 Å². The van der Waals surface area contributed by atoms with E-state index in [9.17, 15) is 15.1 Å². The third-order valence-electron chi connectivity index (χ3n) is 10.1. The zero-order valence-corrected chi connectivity index (χ0v) is 33.3. The van der Waals surface area contributed by atoms with Gasteiger partial charge in [-0.05, 0) is 40.9 Å². The molecule has 16 nitrogen and oxygen atoms in total. The maximum absolute atomic E-state index is 12.6. The molecule has 0 N–H and O–H groups in total. The average Bonchev–Trinajstić information content (AvgIpc) is 3.27. The number of ether oxygens (including phenoxy) is 11. The lowest BCUT2D eigenvalue weighted by atomic mass is 9.94. The zero-order valence-electron chi connectivity index (χ0n) is 33.3. The van der Waals surface area contributed by atoms with Gasteiger partial charge in [-0.3, -0.25) is 9.59 Å². The summed E-state index contributed by atoms with van der Waals surface area (Å²) in [4.78, 5) is 27.9. The molecule has 0 radical (unpaired) electrons. The second-order valence-corrected chi connectivity index (χ2v) is 14.3. The van der Waals surface area contributed by atoms with Crippen molar-refractivity contribution in [3.05, 3.63) is 142 Å². The summed E-state index contributed by atoms with van der Waals surface area (Å²) in [5.41, 5.74) is 12.4. The monoisotopic (exact) mass is 825 g/mol. The van der Waals surface area contributed by atoms with Gasteiger partial charge in [-0.1, -0.05) is 96.1 Å². The number of rotatable bonds is 16. The maximum atomic E-state index is 12.6. The second-order valence-electron chi connectivity index (χ2n) is 14.3. The smallest absolute Gasteiger partial charge is 0.303 e. The Balaban J connectivity index is 1.29. The molecule has 0 bridgehead atoms. The van der Waals surface area contributed by atoms with Gasteiger partial charge in [-0.2, -0.15) is 0 Å². The van der Waals surface area contributed by atoms with Crippen LogP contribution in [0.3, 0.4) is 0 Å².